The van der Waals surface area contributed by atoms with Crippen LogP contribution in [0.15, 0.2) is 48.8 Å². The maximum absolute atomic E-state index is 12.8. The van der Waals surface area contributed by atoms with Gasteiger partial charge in [-0.25, -0.2) is 9.97 Å². The monoisotopic (exact) mass is 362 g/mol. The molecule has 0 aliphatic carbocycles. The van der Waals surface area contributed by atoms with E-state index in [1.54, 1.807) is 25.4 Å². The number of nitrogens with zero attached hydrogens (tertiary/aromatic N) is 4. The van der Waals surface area contributed by atoms with Crippen LogP contribution in [0.1, 0.15) is 21.9 Å². The van der Waals surface area contributed by atoms with Crippen molar-refractivity contribution in [2.45, 2.75) is 13.3 Å². The molecule has 1 aromatic carbocycles. The molecule has 3 aromatic rings. The normalized spacial score (nSPS) is 17.7. The van der Waals surface area contributed by atoms with Crippen LogP contribution in [-0.4, -0.2) is 52.1 Å². The molecule has 27 heavy (non-hydrogen) atoms. The van der Waals surface area contributed by atoms with Crippen LogP contribution >= 0.6 is 0 Å². The van der Waals surface area contributed by atoms with E-state index < -0.39 is 0 Å². The standard InChI is InChI=1S/C21H22N4O2/c1-15-22-8-6-20(24-15)21(26)25-9-10-27-14-17(13-25)11-16-4-5-19-18(12-16)3-2-7-23-19/h2-8,12,17H,9-11,13-14H2,1H3. The Morgan fingerprint density at radius 3 is 3.04 bits per heavy atom. The van der Waals surface area contributed by atoms with Crippen molar-refractivity contribution in [1.29, 1.82) is 0 Å². The molecule has 0 N–H and O–H groups in total. The Balaban J connectivity index is 1.50. The molecule has 1 aliphatic heterocycles. The molecule has 1 fully saturated rings. The molecular weight excluding hydrogens is 340 g/mol. The van der Waals surface area contributed by atoms with Gasteiger partial charge in [-0.3, -0.25) is 9.78 Å². The smallest absolute Gasteiger partial charge is 0.272 e. The van der Waals surface area contributed by atoms with E-state index in [4.69, 9.17) is 4.74 Å². The second kappa shape index (κ2) is 7.80. The largest absolute Gasteiger partial charge is 0.379 e. The number of hydrogen-bond acceptors (Lipinski definition) is 5. The highest BCUT2D eigenvalue weighted by Gasteiger charge is 2.24. The van der Waals surface area contributed by atoms with Crippen LogP contribution in [0.3, 0.4) is 0 Å². The van der Waals surface area contributed by atoms with Crippen LogP contribution < -0.4 is 0 Å². The minimum Gasteiger partial charge on any atom is -0.379 e. The Kier molecular flexibility index (Phi) is 5.07. The molecule has 1 atom stereocenters. The van der Waals surface area contributed by atoms with E-state index >= 15 is 0 Å². The average molecular weight is 362 g/mol. The van der Waals surface area contributed by atoms with Gasteiger partial charge in [0.1, 0.15) is 11.5 Å². The summed E-state index contributed by atoms with van der Waals surface area (Å²) in [6.07, 6.45) is 4.29. The maximum Gasteiger partial charge on any atom is 0.272 e. The molecular formula is C21H22N4O2. The number of fused-ring (bicyclic) bond motifs is 1. The fourth-order valence-corrected chi connectivity index (χ4v) is 3.51. The first-order chi connectivity index (χ1) is 13.2. The number of ether oxygens (including phenoxy) is 1. The van der Waals surface area contributed by atoms with Crippen LogP contribution in [0.25, 0.3) is 10.9 Å². The highest BCUT2D eigenvalue weighted by molar-refractivity contribution is 5.92. The summed E-state index contributed by atoms with van der Waals surface area (Å²) in [5.74, 6) is 0.792. The quantitative estimate of drug-likeness (QED) is 0.716. The number of aryl methyl sites for hydroxylation is 1. The molecule has 138 valence electrons. The Morgan fingerprint density at radius 1 is 1.22 bits per heavy atom. The van der Waals surface area contributed by atoms with E-state index in [0.29, 0.717) is 37.8 Å². The first-order valence-electron chi connectivity index (χ1n) is 9.19. The molecule has 1 saturated heterocycles. The molecule has 0 saturated carbocycles. The van der Waals surface area contributed by atoms with Crippen molar-refractivity contribution in [2.75, 3.05) is 26.3 Å². The number of rotatable bonds is 3. The van der Waals surface area contributed by atoms with E-state index in [0.717, 1.165) is 17.3 Å². The predicted octanol–water partition coefficient (Wildman–Crippen LogP) is 2.66. The van der Waals surface area contributed by atoms with Gasteiger partial charge in [0.25, 0.3) is 5.91 Å². The zero-order chi connectivity index (χ0) is 18.6. The van der Waals surface area contributed by atoms with E-state index in [9.17, 15) is 4.79 Å². The van der Waals surface area contributed by atoms with Gasteiger partial charge in [-0.05, 0) is 43.2 Å². The molecule has 6 heteroatoms. The SMILES string of the molecule is Cc1nccc(C(=O)N2CCOCC(Cc3ccc4ncccc4c3)C2)n1. The molecule has 0 bridgehead atoms. The summed E-state index contributed by atoms with van der Waals surface area (Å²) in [5.41, 5.74) is 2.67. The predicted molar refractivity (Wildman–Crippen MR) is 102 cm³/mol. The van der Waals surface area contributed by atoms with E-state index in [1.807, 2.05) is 11.0 Å². The Hall–Kier alpha value is -2.86. The van der Waals surface area contributed by atoms with Crippen molar-refractivity contribution in [2.24, 2.45) is 5.92 Å². The molecule has 1 amide bonds. The number of amides is 1. The molecule has 3 heterocycles. The lowest BCUT2D eigenvalue weighted by Crippen LogP contribution is -2.37. The van der Waals surface area contributed by atoms with Gasteiger partial charge in [0.2, 0.25) is 0 Å². The van der Waals surface area contributed by atoms with Crippen molar-refractivity contribution in [3.8, 4) is 0 Å². The summed E-state index contributed by atoms with van der Waals surface area (Å²) in [7, 11) is 0. The summed E-state index contributed by atoms with van der Waals surface area (Å²) in [6.45, 7) is 4.23. The zero-order valence-electron chi connectivity index (χ0n) is 15.3. The van der Waals surface area contributed by atoms with Gasteiger partial charge in [-0.2, -0.15) is 0 Å². The summed E-state index contributed by atoms with van der Waals surface area (Å²) < 4.78 is 5.77. The van der Waals surface area contributed by atoms with Gasteiger partial charge in [0.15, 0.2) is 0 Å². The lowest BCUT2D eigenvalue weighted by Gasteiger charge is -2.23. The van der Waals surface area contributed by atoms with Crippen molar-refractivity contribution in [3.05, 3.63) is 65.9 Å². The number of pyridine rings is 1. The maximum atomic E-state index is 12.8. The summed E-state index contributed by atoms with van der Waals surface area (Å²) >= 11 is 0. The van der Waals surface area contributed by atoms with Crippen molar-refractivity contribution < 1.29 is 9.53 Å². The third-order valence-electron chi connectivity index (χ3n) is 4.81. The minimum atomic E-state index is -0.0567. The lowest BCUT2D eigenvalue weighted by atomic mass is 9.98. The van der Waals surface area contributed by atoms with E-state index in [-0.39, 0.29) is 11.8 Å². The fourth-order valence-electron chi connectivity index (χ4n) is 3.51. The highest BCUT2D eigenvalue weighted by Crippen LogP contribution is 2.19. The zero-order valence-corrected chi connectivity index (χ0v) is 15.3. The first-order valence-corrected chi connectivity index (χ1v) is 9.19. The topological polar surface area (TPSA) is 68.2 Å². The lowest BCUT2D eigenvalue weighted by molar-refractivity contribution is 0.0731. The van der Waals surface area contributed by atoms with Gasteiger partial charge in [-0.1, -0.05) is 12.1 Å². The summed E-state index contributed by atoms with van der Waals surface area (Å²) in [4.78, 5) is 27.4. The molecule has 4 rings (SSSR count). The van der Waals surface area contributed by atoms with Crippen LogP contribution in [-0.2, 0) is 11.2 Å². The Labute approximate surface area is 158 Å². The van der Waals surface area contributed by atoms with Gasteiger partial charge >= 0.3 is 0 Å². The van der Waals surface area contributed by atoms with Crippen LogP contribution in [0.4, 0.5) is 0 Å². The number of carbonyl (C=O) groups excluding carboxylic acids is 1. The van der Waals surface area contributed by atoms with Crippen molar-refractivity contribution in [1.82, 2.24) is 19.9 Å². The number of aromatic nitrogens is 3. The number of hydrogen-bond donors (Lipinski definition) is 0. The van der Waals surface area contributed by atoms with Crippen LogP contribution in [0.2, 0.25) is 0 Å². The molecule has 1 unspecified atom stereocenters. The van der Waals surface area contributed by atoms with Gasteiger partial charge < -0.3 is 9.64 Å². The number of benzene rings is 1. The summed E-state index contributed by atoms with van der Waals surface area (Å²) in [6, 6.07) is 12.0. The molecule has 0 spiro atoms. The number of carbonyl (C=O) groups is 1. The van der Waals surface area contributed by atoms with Crippen LogP contribution in [0.5, 0.6) is 0 Å². The average Bonchev–Trinajstić information content (AvgIpc) is 2.93. The Bertz CT molecular complexity index is 960. The van der Waals surface area contributed by atoms with Crippen LogP contribution in [0, 0.1) is 12.8 Å². The molecule has 2 aromatic heterocycles. The van der Waals surface area contributed by atoms with Gasteiger partial charge in [0.05, 0.1) is 18.7 Å². The third kappa shape index (κ3) is 4.11. The highest BCUT2D eigenvalue weighted by atomic mass is 16.5. The van der Waals surface area contributed by atoms with E-state index in [1.165, 1.54) is 5.56 Å². The molecule has 1 aliphatic rings. The van der Waals surface area contributed by atoms with Gasteiger partial charge in [0, 0.05) is 36.8 Å². The third-order valence-corrected chi connectivity index (χ3v) is 4.81. The molecule has 0 radical (unpaired) electrons. The Morgan fingerprint density at radius 2 is 2.15 bits per heavy atom. The second-order valence-electron chi connectivity index (χ2n) is 6.92. The second-order valence-corrected chi connectivity index (χ2v) is 6.92. The fraction of sp³-hybridized carbons (Fsp3) is 0.333. The summed E-state index contributed by atoms with van der Waals surface area (Å²) in [5, 5.41) is 1.13. The van der Waals surface area contributed by atoms with Crippen molar-refractivity contribution in [3.63, 3.8) is 0 Å². The van der Waals surface area contributed by atoms with Crippen molar-refractivity contribution >= 4 is 16.8 Å². The minimum absolute atomic E-state index is 0.0567. The van der Waals surface area contributed by atoms with Gasteiger partial charge in [-0.15, -0.1) is 0 Å². The molecule has 6 nitrogen and oxygen atoms in total. The first kappa shape index (κ1) is 17.5. The van der Waals surface area contributed by atoms with E-state index in [2.05, 4.69) is 39.2 Å².